The summed E-state index contributed by atoms with van der Waals surface area (Å²) < 4.78 is 35.2. The Kier molecular flexibility index (Phi) is 11.8. The minimum absolute atomic E-state index is 0. The van der Waals surface area contributed by atoms with Crippen molar-refractivity contribution in [3.63, 3.8) is 0 Å². The number of anilines is 1. The Labute approximate surface area is 205 Å². The zero-order chi connectivity index (χ0) is 22.9. The number of hydrogen-bond donors (Lipinski definition) is 3. The van der Waals surface area contributed by atoms with E-state index < -0.39 is 18.3 Å². The SMILES string of the molecule is CCNC(=NCCNC(=O)OC(C)(C)C)NC1CCN(c2ccccc2OC(F)F)C1.I. The van der Waals surface area contributed by atoms with Crippen LogP contribution < -0.4 is 25.6 Å². The number of nitrogens with zero attached hydrogens (tertiary/aromatic N) is 2. The van der Waals surface area contributed by atoms with Crippen LogP contribution in [0.25, 0.3) is 0 Å². The number of ether oxygens (including phenoxy) is 2. The summed E-state index contributed by atoms with van der Waals surface area (Å²) in [5.41, 5.74) is 0.104. The molecule has 1 saturated heterocycles. The molecule has 1 atom stereocenters. The molecule has 0 bridgehead atoms. The van der Waals surface area contributed by atoms with Crippen molar-refractivity contribution in [3.8, 4) is 5.75 Å². The summed E-state index contributed by atoms with van der Waals surface area (Å²) in [5.74, 6) is 0.810. The van der Waals surface area contributed by atoms with Crippen molar-refractivity contribution in [2.24, 2.45) is 4.99 Å². The predicted octanol–water partition coefficient (Wildman–Crippen LogP) is 3.56. The Balaban J connectivity index is 0.00000512. The molecule has 8 nitrogen and oxygen atoms in total. The van der Waals surface area contributed by atoms with Crippen LogP contribution in [0.3, 0.4) is 0 Å². The molecule has 1 aromatic carbocycles. The van der Waals surface area contributed by atoms with E-state index in [1.807, 2.05) is 11.8 Å². The van der Waals surface area contributed by atoms with Gasteiger partial charge in [0.15, 0.2) is 5.96 Å². The molecule has 1 aliphatic heterocycles. The molecule has 1 aliphatic rings. The molecule has 0 radical (unpaired) electrons. The van der Waals surface area contributed by atoms with Crippen molar-refractivity contribution in [1.29, 1.82) is 0 Å². The maximum Gasteiger partial charge on any atom is 0.407 e. The van der Waals surface area contributed by atoms with Gasteiger partial charge >= 0.3 is 12.7 Å². The third kappa shape index (κ3) is 10.0. The van der Waals surface area contributed by atoms with Gasteiger partial charge in [-0.3, -0.25) is 4.99 Å². The van der Waals surface area contributed by atoms with Crippen LogP contribution in [-0.4, -0.2) is 63.0 Å². The summed E-state index contributed by atoms with van der Waals surface area (Å²) in [7, 11) is 0. The van der Waals surface area contributed by atoms with Crippen LogP contribution in [0.1, 0.15) is 34.1 Å². The van der Waals surface area contributed by atoms with Gasteiger partial charge in [-0.05, 0) is 46.2 Å². The molecule has 3 N–H and O–H groups in total. The van der Waals surface area contributed by atoms with Crippen LogP contribution in [-0.2, 0) is 4.74 Å². The molecule has 1 aromatic rings. The van der Waals surface area contributed by atoms with Crippen LogP contribution in [0, 0.1) is 0 Å². The maximum absolute atomic E-state index is 12.7. The third-order valence-electron chi connectivity index (χ3n) is 4.35. The van der Waals surface area contributed by atoms with E-state index in [2.05, 4.69) is 25.7 Å². The van der Waals surface area contributed by atoms with E-state index in [1.165, 1.54) is 0 Å². The number of halogens is 3. The first kappa shape index (κ1) is 28.0. The van der Waals surface area contributed by atoms with E-state index in [0.717, 1.165) is 6.42 Å². The number of alkyl halides is 2. The number of aliphatic imine (C=N–C) groups is 1. The third-order valence-corrected chi connectivity index (χ3v) is 4.35. The first-order valence-corrected chi connectivity index (χ1v) is 10.5. The summed E-state index contributed by atoms with van der Waals surface area (Å²) in [6, 6.07) is 6.90. The average molecular weight is 569 g/mol. The monoisotopic (exact) mass is 569 g/mol. The van der Waals surface area contributed by atoms with Crippen molar-refractivity contribution in [2.45, 2.75) is 52.4 Å². The zero-order valence-electron chi connectivity index (χ0n) is 19.0. The average Bonchev–Trinajstić information content (AvgIpc) is 3.12. The highest BCUT2D eigenvalue weighted by Crippen LogP contribution is 2.31. The fourth-order valence-corrected chi connectivity index (χ4v) is 3.16. The normalized spacial score (nSPS) is 16.4. The highest BCUT2D eigenvalue weighted by Gasteiger charge is 2.26. The summed E-state index contributed by atoms with van der Waals surface area (Å²) in [6.45, 7) is 7.28. The largest absolute Gasteiger partial charge is 0.444 e. The van der Waals surface area contributed by atoms with Gasteiger partial charge in [-0.1, -0.05) is 12.1 Å². The van der Waals surface area contributed by atoms with Gasteiger partial charge < -0.3 is 30.3 Å². The number of nitrogens with one attached hydrogen (secondary N) is 3. The van der Waals surface area contributed by atoms with Gasteiger partial charge in [0.2, 0.25) is 0 Å². The number of carbonyl (C=O) groups is 1. The van der Waals surface area contributed by atoms with Gasteiger partial charge in [0.05, 0.1) is 12.2 Å². The Morgan fingerprint density at radius 2 is 2.00 bits per heavy atom. The molecule has 0 aliphatic carbocycles. The van der Waals surface area contributed by atoms with E-state index >= 15 is 0 Å². The van der Waals surface area contributed by atoms with E-state index in [9.17, 15) is 13.6 Å². The van der Waals surface area contributed by atoms with E-state index in [4.69, 9.17) is 4.74 Å². The van der Waals surface area contributed by atoms with Crippen molar-refractivity contribution < 1.29 is 23.0 Å². The molecule has 0 saturated carbocycles. The molecule has 0 aromatic heterocycles. The number of para-hydroxylation sites is 2. The van der Waals surface area contributed by atoms with Crippen molar-refractivity contribution in [3.05, 3.63) is 24.3 Å². The number of amides is 1. The summed E-state index contributed by atoms with van der Waals surface area (Å²) in [4.78, 5) is 18.2. The topological polar surface area (TPSA) is 87.2 Å². The molecule has 1 heterocycles. The van der Waals surface area contributed by atoms with Gasteiger partial charge in [0.25, 0.3) is 0 Å². The number of rotatable bonds is 8. The molecular formula is C21H34F2IN5O3. The second kappa shape index (κ2) is 13.5. The molecular weight excluding hydrogens is 535 g/mol. The van der Waals surface area contributed by atoms with Crippen LogP contribution in [0.15, 0.2) is 29.3 Å². The Hall–Kier alpha value is -2.05. The second-order valence-electron chi connectivity index (χ2n) is 8.11. The smallest absolute Gasteiger partial charge is 0.407 e. The lowest BCUT2D eigenvalue weighted by Gasteiger charge is -2.22. The minimum atomic E-state index is -2.86. The number of alkyl carbamates (subject to hydrolysis) is 1. The first-order chi connectivity index (χ1) is 14.7. The summed E-state index contributed by atoms with van der Waals surface area (Å²) >= 11 is 0. The highest BCUT2D eigenvalue weighted by atomic mass is 127. The highest BCUT2D eigenvalue weighted by molar-refractivity contribution is 14.0. The zero-order valence-corrected chi connectivity index (χ0v) is 21.3. The lowest BCUT2D eigenvalue weighted by Crippen LogP contribution is -2.45. The van der Waals surface area contributed by atoms with E-state index in [1.54, 1.807) is 45.0 Å². The lowest BCUT2D eigenvalue weighted by molar-refractivity contribution is -0.0495. The maximum atomic E-state index is 12.7. The summed E-state index contributed by atoms with van der Waals surface area (Å²) in [5, 5.41) is 9.22. The second-order valence-corrected chi connectivity index (χ2v) is 8.11. The molecule has 0 spiro atoms. The number of benzene rings is 1. The fourth-order valence-electron chi connectivity index (χ4n) is 3.16. The first-order valence-electron chi connectivity index (χ1n) is 10.5. The number of hydrogen-bond acceptors (Lipinski definition) is 5. The van der Waals surface area contributed by atoms with E-state index in [0.29, 0.717) is 44.4 Å². The number of guanidine groups is 1. The quantitative estimate of drug-likeness (QED) is 0.192. The molecule has 32 heavy (non-hydrogen) atoms. The van der Waals surface area contributed by atoms with Crippen LogP contribution >= 0.6 is 24.0 Å². The molecule has 1 fully saturated rings. The van der Waals surface area contributed by atoms with Crippen LogP contribution in [0.4, 0.5) is 19.3 Å². The standard InChI is InChI=1S/C21H33F2N5O3.HI/c1-5-24-19(25-11-12-26-20(29)31-21(2,3)4)27-15-10-13-28(14-15)16-8-6-7-9-17(16)30-18(22)23;/h6-9,15,18H,5,10-14H2,1-4H3,(H,26,29)(H2,24,25,27);1H. The van der Waals surface area contributed by atoms with Gasteiger partial charge in [-0.15, -0.1) is 24.0 Å². The Morgan fingerprint density at radius 1 is 1.28 bits per heavy atom. The Morgan fingerprint density at radius 3 is 2.66 bits per heavy atom. The Bertz CT molecular complexity index is 746. The van der Waals surface area contributed by atoms with Gasteiger partial charge in [-0.2, -0.15) is 8.78 Å². The number of carbonyl (C=O) groups excluding carboxylic acids is 1. The van der Waals surface area contributed by atoms with Gasteiger partial charge in [-0.25, -0.2) is 4.79 Å². The van der Waals surface area contributed by atoms with Crippen molar-refractivity contribution in [2.75, 3.05) is 37.6 Å². The van der Waals surface area contributed by atoms with Crippen LogP contribution in [0.2, 0.25) is 0 Å². The van der Waals surface area contributed by atoms with Gasteiger partial charge in [0, 0.05) is 32.2 Å². The van der Waals surface area contributed by atoms with Crippen molar-refractivity contribution >= 4 is 41.7 Å². The molecule has 2 rings (SSSR count). The molecule has 11 heteroatoms. The van der Waals surface area contributed by atoms with Crippen LogP contribution in [0.5, 0.6) is 5.75 Å². The predicted molar refractivity (Wildman–Crippen MR) is 132 cm³/mol. The molecule has 182 valence electrons. The van der Waals surface area contributed by atoms with Gasteiger partial charge in [0.1, 0.15) is 11.4 Å². The fraction of sp³-hybridized carbons (Fsp3) is 0.619. The minimum Gasteiger partial charge on any atom is -0.444 e. The summed E-state index contributed by atoms with van der Waals surface area (Å²) in [6.07, 6.45) is 0.348. The molecule has 1 unspecified atom stereocenters. The molecule has 1 amide bonds. The lowest BCUT2D eigenvalue weighted by atomic mass is 10.2. The van der Waals surface area contributed by atoms with Crippen molar-refractivity contribution in [1.82, 2.24) is 16.0 Å². The van der Waals surface area contributed by atoms with E-state index in [-0.39, 0.29) is 35.8 Å².